The highest BCUT2D eigenvalue weighted by molar-refractivity contribution is 7.89. The molecule has 0 radical (unpaired) electrons. The van der Waals surface area contributed by atoms with Crippen LogP contribution in [-0.2, 0) is 16.6 Å². The van der Waals surface area contributed by atoms with Crippen molar-refractivity contribution in [1.82, 2.24) is 4.72 Å². The Morgan fingerprint density at radius 3 is 2.35 bits per heavy atom. The van der Waals surface area contributed by atoms with Crippen molar-refractivity contribution in [1.29, 1.82) is 0 Å². The molecule has 6 nitrogen and oxygen atoms in total. The molecule has 0 fully saturated rings. The molecule has 0 heterocycles. The Bertz CT molecular complexity index is 1220. The number of benzene rings is 3. The maximum Gasteiger partial charge on any atom is 0.257 e. The molecule has 0 unspecified atom stereocenters. The number of halogens is 3. The van der Waals surface area contributed by atoms with E-state index in [1.54, 1.807) is 24.3 Å². The van der Waals surface area contributed by atoms with Gasteiger partial charge in [0.1, 0.15) is 11.6 Å². The van der Waals surface area contributed by atoms with Crippen LogP contribution in [0.25, 0.3) is 0 Å². The van der Waals surface area contributed by atoms with E-state index in [9.17, 15) is 17.6 Å². The summed E-state index contributed by atoms with van der Waals surface area (Å²) in [6.07, 6.45) is 0. The van der Waals surface area contributed by atoms with E-state index in [-0.39, 0.29) is 27.7 Å². The van der Waals surface area contributed by atoms with E-state index in [2.05, 4.69) is 10.0 Å². The van der Waals surface area contributed by atoms with Gasteiger partial charge < -0.3 is 10.1 Å². The number of carbonyl (C=O) groups excluding carboxylic acids is 1. The summed E-state index contributed by atoms with van der Waals surface area (Å²) < 4.78 is 46.9. The molecular formula is C21H17Cl2FN2O4S. The summed E-state index contributed by atoms with van der Waals surface area (Å²) in [5, 5.41) is 2.82. The number of carbonyl (C=O) groups is 1. The smallest absolute Gasteiger partial charge is 0.257 e. The predicted octanol–water partition coefficient (Wildman–Crippen LogP) is 4.87. The van der Waals surface area contributed by atoms with Crippen LogP contribution in [0.5, 0.6) is 5.75 Å². The molecule has 0 aliphatic heterocycles. The van der Waals surface area contributed by atoms with Crippen LogP contribution in [0.15, 0.2) is 65.6 Å². The van der Waals surface area contributed by atoms with E-state index in [4.69, 9.17) is 27.9 Å². The fourth-order valence-corrected chi connectivity index (χ4v) is 4.16. The number of nitrogens with one attached hydrogen (secondary N) is 2. The Hall–Kier alpha value is -2.65. The van der Waals surface area contributed by atoms with Crippen molar-refractivity contribution in [2.45, 2.75) is 11.4 Å². The van der Waals surface area contributed by atoms with Gasteiger partial charge in [-0.15, -0.1) is 0 Å². The molecular weight excluding hydrogens is 466 g/mol. The summed E-state index contributed by atoms with van der Waals surface area (Å²) in [5.41, 5.74) is 0.613. The number of hydrogen-bond donors (Lipinski definition) is 2. The van der Waals surface area contributed by atoms with Gasteiger partial charge in [0.25, 0.3) is 5.91 Å². The molecule has 10 heteroatoms. The topological polar surface area (TPSA) is 84.5 Å². The van der Waals surface area contributed by atoms with Crippen LogP contribution in [0.4, 0.5) is 10.1 Å². The second-order valence-electron chi connectivity index (χ2n) is 6.39. The number of amides is 1. The van der Waals surface area contributed by atoms with E-state index in [1.165, 1.54) is 37.4 Å². The lowest BCUT2D eigenvalue weighted by atomic mass is 10.2. The van der Waals surface area contributed by atoms with Crippen molar-refractivity contribution in [2.75, 3.05) is 12.4 Å². The van der Waals surface area contributed by atoms with Gasteiger partial charge in [0, 0.05) is 11.6 Å². The third-order valence-corrected chi connectivity index (χ3v) is 6.25. The first-order valence-electron chi connectivity index (χ1n) is 8.88. The third kappa shape index (κ3) is 5.74. The van der Waals surface area contributed by atoms with Gasteiger partial charge in [0.2, 0.25) is 10.0 Å². The molecule has 0 aliphatic rings. The van der Waals surface area contributed by atoms with Crippen molar-refractivity contribution < 1.29 is 22.3 Å². The fourth-order valence-electron chi connectivity index (χ4n) is 2.63. The zero-order valence-corrected chi connectivity index (χ0v) is 18.5. The summed E-state index contributed by atoms with van der Waals surface area (Å²) in [5.74, 6) is -0.925. The SMILES string of the molecule is COc1ccc(CNS(=O)(=O)c2ccc(NC(=O)c3ccc(Cl)cc3Cl)c(F)c2)cc1. The van der Waals surface area contributed by atoms with Gasteiger partial charge in [-0.3, -0.25) is 4.79 Å². The number of ether oxygens (including phenoxy) is 1. The maximum atomic E-state index is 14.5. The predicted molar refractivity (Wildman–Crippen MR) is 118 cm³/mol. The minimum atomic E-state index is -3.98. The molecule has 0 aliphatic carbocycles. The lowest BCUT2D eigenvalue weighted by molar-refractivity contribution is 0.102. The van der Waals surface area contributed by atoms with Gasteiger partial charge in [-0.05, 0) is 54.1 Å². The van der Waals surface area contributed by atoms with Crippen LogP contribution in [0.1, 0.15) is 15.9 Å². The van der Waals surface area contributed by atoms with Crippen molar-refractivity contribution in [3.63, 3.8) is 0 Å². The lowest BCUT2D eigenvalue weighted by Gasteiger charge is -2.11. The van der Waals surface area contributed by atoms with Crippen molar-refractivity contribution >= 4 is 44.8 Å². The quantitative estimate of drug-likeness (QED) is 0.502. The monoisotopic (exact) mass is 482 g/mol. The lowest BCUT2D eigenvalue weighted by Crippen LogP contribution is -2.23. The highest BCUT2D eigenvalue weighted by Gasteiger charge is 2.18. The summed E-state index contributed by atoms with van der Waals surface area (Å²) in [4.78, 5) is 12.1. The van der Waals surface area contributed by atoms with Crippen LogP contribution < -0.4 is 14.8 Å². The molecule has 0 saturated heterocycles. The maximum absolute atomic E-state index is 14.5. The average Bonchev–Trinajstić information content (AvgIpc) is 2.74. The van der Waals surface area contributed by atoms with Crippen LogP contribution in [0.2, 0.25) is 10.0 Å². The zero-order valence-electron chi connectivity index (χ0n) is 16.2. The standard InChI is InChI=1S/C21H17Cl2FN2O4S/c1-30-15-5-2-13(3-6-15)12-25-31(28,29)16-7-9-20(19(24)11-16)26-21(27)17-8-4-14(22)10-18(17)23/h2-11,25H,12H2,1H3,(H,26,27). The van der Waals surface area contributed by atoms with Crippen molar-refractivity contribution in [3.05, 3.63) is 87.7 Å². The van der Waals surface area contributed by atoms with Crippen LogP contribution >= 0.6 is 23.2 Å². The minimum absolute atomic E-state index is 0.0154. The Labute approximate surface area is 189 Å². The summed E-state index contributed by atoms with van der Waals surface area (Å²) in [7, 11) is -2.45. The number of rotatable bonds is 7. The minimum Gasteiger partial charge on any atom is -0.497 e. The first-order chi connectivity index (χ1) is 14.7. The molecule has 0 saturated carbocycles. The molecule has 3 rings (SSSR count). The van der Waals surface area contributed by atoms with Gasteiger partial charge in [-0.1, -0.05) is 35.3 Å². The second kappa shape index (κ2) is 9.65. The van der Waals surface area contributed by atoms with E-state index in [0.29, 0.717) is 16.3 Å². The molecule has 162 valence electrons. The number of anilines is 1. The highest BCUT2D eigenvalue weighted by Crippen LogP contribution is 2.24. The van der Waals surface area contributed by atoms with Crippen LogP contribution in [-0.4, -0.2) is 21.4 Å². The number of hydrogen-bond acceptors (Lipinski definition) is 4. The third-order valence-electron chi connectivity index (χ3n) is 4.30. The first kappa shape index (κ1) is 23.0. The Morgan fingerprint density at radius 2 is 1.74 bits per heavy atom. The van der Waals surface area contributed by atoms with Crippen LogP contribution in [0.3, 0.4) is 0 Å². The highest BCUT2D eigenvalue weighted by atomic mass is 35.5. The normalized spacial score (nSPS) is 11.2. The first-order valence-corrected chi connectivity index (χ1v) is 11.1. The fraction of sp³-hybridized carbons (Fsp3) is 0.0952. The molecule has 0 aromatic heterocycles. The Balaban J connectivity index is 1.71. The van der Waals surface area contributed by atoms with E-state index in [1.807, 2.05) is 0 Å². The van der Waals surface area contributed by atoms with E-state index >= 15 is 0 Å². The summed E-state index contributed by atoms with van der Waals surface area (Å²) in [6, 6.07) is 14.3. The molecule has 31 heavy (non-hydrogen) atoms. The molecule has 0 spiro atoms. The molecule has 3 aromatic carbocycles. The van der Waals surface area contributed by atoms with Crippen molar-refractivity contribution in [3.8, 4) is 5.75 Å². The summed E-state index contributed by atoms with van der Waals surface area (Å²) >= 11 is 11.8. The second-order valence-corrected chi connectivity index (χ2v) is 9.00. The van der Waals surface area contributed by atoms with Gasteiger partial charge in [0.05, 0.1) is 28.3 Å². The molecule has 3 aromatic rings. The van der Waals surface area contributed by atoms with E-state index in [0.717, 1.165) is 6.07 Å². The van der Waals surface area contributed by atoms with Crippen LogP contribution in [0, 0.1) is 5.82 Å². The van der Waals surface area contributed by atoms with Gasteiger partial charge >= 0.3 is 0 Å². The van der Waals surface area contributed by atoms with E-state index < -0.39 is 21.7 Å². The van der Waals surface area contributed by atoms with Gasteiger partial charge in [-0.25, -0.2) is 17.5 Å². The largest absolute Gasteiger partial charge is 0.497 e. The molecule has 2 N–H and O–H groups in total. The molecule has 0 atom stereocenters. The Kier molecular flexibility index (Phi) is 7.17. The average molecular weight is 483 g/mol. The number of sulfonamides is 1. The van der Waals surface area contributed by atoms with Gasteiger partial charge in [0.15, 0.2) is 0 Å². The van der Waals surface area contributed by atoms with Crippen molar-refractivity contribution in [2.24, 2.45) is 0 Å². The molecule has 1 amide bonds. The molecule has 0 bridgehead atoms. The summed E-state index contributed by atoms with van der Waals surface area (Å²) in [6.45, 7) is 0.0154. The van der Waals surface area contributed by atoms with Gasteiger partial charge in [-0.2, -0.15) is 0 Å². The Morgan fingerprint density at radius 1 is 1.03 bits per heavy atom. The zero-order chi connectivity index (χ0) is 22.6. The number of methoxy groups -OCH3 is 1.